The van der Waals surface area contributed by atoms with Crippen molar-refractivity contribution in [3.8, 4) is 18.1 Å². The average Bonchev–Trinajstić information content (AvgIpc) is 2.28. The van der Waals surface area contributed by atoms with Crippen LogP contribution in [0.4, 0.5) is 0 Å². The first-order valence-corrected chi connectivity index (χ1v) is 5.01. The van der Waals surface area contributed by atoms with Crippen LogP contribution < -0.4 is 4.74 Å². The first-order valence-electron chi connectivity index (χ1n) is 5.01. The van der Waals surface area contributed by atoms with E-state index < -0.39 is 0 Å². The summed E-state index contributed by atoms with van der Waals surface area (Å²) in [4.78, 5) is 0. The maximum absolute atomic E-state index is 5.43. The topological polar surface area (TPSA) is 18.5 Å². The molecular weight excluding hydrogens is 188 g/mol. The molecule has 15 heavy (non-hydrogen) atoms. The van der Waals surface area contributed by atoms with Crippen LogP contribution in [0.25, 0.3) is 0 Å². The van der Waals surface area contributed by atoms with E-state index in [0.29, 0.717) is 13.0 Å². The van der Waals surface area contributed by atoms with Gasteiger partial charge in [-0.2, -0.15) is 0 Å². The Morgan fingerprint density at radius 2 is 1.93 bits per heavy atom. The van der Waals surface area contributed by atoms with Gasteiger partial charge in [0.05, 0.1) is 13.2 Å². The molecular formula is C13H16O2. The minimum absolute atomic E-state index is 0.577. The molecule has 0 aliphatic rings. The highest BCUT2D eigenvalue weighted by molar-refractivity contribution is 5.27. The van der Waals surface area contributed by atoms with Gasteiger partial charge in [-0.25, -0.2) is 0 Å². The standard InChI is InChI=1S/C13H16O2/c1-3-4-10-15-13-7-5-12(6-8-13)9-11-14-2/h1,5-8H,4,9-11H2,2H3. The van der Waals surface area contributed by atoms with E-state index in [2.05, 4.69) is 5.92 Å². The lowest BCUT2D eigenvalue weighted by atomic mass is 10.1. The summed E-state index contributed by atoms with van der Waals surface area (Å²) in [6.07, 6.45) is 6.70. The second-order valence-corrected chi connectivity index (χ2v) is 3.19. The number of hydrogen-bond acceptors (Lipinski definition) is 2. The van der Waals surface area contributed by atoms with E-state index in [4.69, 9.17) is 15.9 Å². The van der Waals surface area contributed by atoms with Crippen LogP contribution in [-0.4, -0.2) is 20.3 Å². The summed E-state index contributed by atoms with van der Waals surface area (Å²) < 4.78 is 10.4. The van der Waals surface area contributed by atoms with E-state index in [9.17, 15) is 0 Å². The molecule has 0 aromatic heterocycles. The molecule has 1 aromatic rings. The molecule has 0 aliphatic carbocycles. The van der Waals surface area contributed by atoms with E-state index in [0.717, 1.165) is 18.8 Å². The van der Waals surface area contributed by atoms with Crippen molar-refractivity contribution in [1.29, 1.82) is 0 Å². The lowest BCUT2D eigenvalue weighted by Gasteiger charge is -2.05. The first kappa shape index (κ1) is 11.6. The Bertz CT molecular complexity index is 308. The Morgan fingerprint density at radius 1 is 1.20 bits per heavy atom. The quantitative estimate of drug-likeness (QED) is 0.523. The number of terminal acetylenes is 1. The third kappa shape index (κ3) is 4.53. The van der Waals surface area contributed by atoms with Crippen LogP contribution in [0.1, 0.15) is 12.0 Å². The van der Waals surface area contributed by atoms with E-state index in [1.807, 2.05) is 24.3 Å². The van der Waals surface area contributed by atoms with Crippen LogP contribution in [0.3, 0.4) is 0 Å². The molecule has 2 nitrogen and oxygen atoms in total. The number of methoxy groups -OCH3 is 1. The van der Waals surface area contributed by atoms with Crippen LogP contribution in [0.15, 0.2) is 24.3 Å². The second kappa shape index (κ2) is 6.92. The molecule has 0 saturated heterocycles. The first-order chi connectivity index (χ1) is 7.36. The van der Waals surface area contributed by atoms with Gasteiger partial charge in [-0.05, 0) is 24.1 Å². The van der Waals surface area contributed by atoms with Crippen molar-refractivity contribution in [3.63, 3.8) is 0 Å². The van der Waals surface area contributed by atoms with Gasteiger partial charge in [-0.3, -0.25) is 0 Å². The lowest BCUT2D eigenvalue weighted by Crippen LogP contribution is -1.97. The van der Waals surface area contributed by atoms with Gasteiger partial charge < -0.3 is 9.47 Å². The fourth-order valence-corrected chi connectivity index (χ4v) is 1.20. The lowest BCUT2D eigenvalue weighted by molar-refractivity contribution is 0.202. The smallest absolute Gasteiger partial charge is 0.119 e. The Hall–Kier alpha value is -1.46. The van der Waals surface area contributed by atoms with Crippen molar-refractivity contribution in [2.45, 2.75) is 12.8 Å². The molecule has 0 spiro atoms. The molecule has 1 rings (SSSR count). The number of rotatable bonds is 6. The second-order valence-electron chi connectivity index (χ2n) is 3.19. The molecule has 0 saturated carbocycles. The van der Waals surface area contributed by atoms with Crippen LogP contribution in [0.2, 0.25) is 0 Å². The maximum atomic E-state index is 5.43. The third-order valence-corrected chi connectivity index (χ3v) is 2.03. The van der Waals surface area contributed by atoms with Gasteiger partial charge in [0.15, 0.2) is 0 Å². The summed E-state index contributed by atoms with van der Waals surface area (Å²) in [6.45, 7) is 1.32. The molecule has 0 bridgehead atoms. The highest BCUT2D eigenvalue weighted by Crippen LogP contribution is 2.12. The van der Waals surface area contributed by atoms with Gasteiger partial charge in [0, 0.05) is 13.5 Å². The predicted molar refractivity (Wildman–Crippen MR) is 61.0 cm³/mol. The van der Waals surface area contributed by atoms with Crippen molar-refractivity contribution >= 4 is 0 Å². The Balaban J connectivity index is 2.39. The average molecular weight is 204 g/mol. The summed E-state index contributed by atoms with van der Waals surface area (Å²) in [6, 6.07) is 8.01. The Kier molecular flexibility index (Phi) is 5.35. The maximum Gasteiger partial charge on any atom is 0.119 e. The van der Waals surface area contributed by atoms with E-state index in [1.165, 1.54) is 5.56 Å². The van der Waals surface area contributed by atoms with E-state index in [-0.39, 0.29) is 0 Å². The van der Waals surface area contributed by atoms with Gasteiger partial charge in [0.25, 0.3) is 0 Å². The van der Waals surface area contributed by atoms with Gasteiger partial charge in [0.2, 0.25) is 0 Å². The Labute approximate surface area is 91.2 Å². The van der Waals surface area contributed by atoms with Gasteiger partial charge in [0.1, 0.15) is 5.75 Å². The monoisotopic (exact) mass is 204 g/mol. The summed E-state index contributed by atoms with van der Waals surface area (Å²) >= 11 is 0. The summed E-state index contributed by atoms with van der Waals surface area (Å²) in [5.41, 5.74) is 1.25. The highest BCUT2D eigenvalue weighted by atomic mass is 16.5. The van der Waals surface area contributed by atoms with E-state index in [1.54, 1.807) is 7.11 Å². The van der Waals surface area contributed by atoms with Crippen LogP contribution >= 0.6 is 0 Å². The Morgan fingerprint density at radius 3 is 2.53 bits per heavy atom. The van der Waals surface area contributed by atoms with Crippen molar-refractivity contribution in [2.75, 3.05) is 20.3 Å². The van der Waals surface area contributed by atoms with E-state index >= 15 is 0 Å². The minimum atomic E-state index is 0.577. The van der Waals surface area contributed by atoms with Gasteiger partial charge in [-0.1, -0.05) is 12.1 Å². The van der Waals surface area contributed by atoms with Crippen LogP contribution in [0, 0.1) is 12.3 Å². The van der Waals surface area contributed by atoms with Crippen LogP contribution in [0.5, 0.6) is 5.75 Å². The van der Waals surface area contributed by atoms with Crippen LogP contribution in [-0.2, 0) is 11.2 Å². The fraction of sp³-hybridized carbons (Fsp3) is 0.385. The molecule has 0 fully saturated rings. The van der Waals surface area contributed by atoms with Crippen molar-refractivity contribution < 1.29 is 9.47 Å². The summed E-state index contributed by atoms with van der Waals surface area (Å²) in [5.74, 6) is 3.40. The normalized spacial score (nSPS) is 9.60. The molecule has 2 heteroatoms. The molecule has 0 aliphatic heterocycles. The summed E-state index contributed by atoms with van der Waals surface area (Å²) in [7, 11) is 1.71. The van der Waals surface area contributed by atoms with Crippen molar-refractivity contribution in [2.24, 2.45) is 0 Å². The molecule has 80 valence electrons. The van der Waals surface area contributed by atoms with Crippen molar-refractivity contribution in [1.82, 2.24) is 0 Å². The van der Waals surface area contributed by atoms with Gasteiger partial charge in [-0.15, -0.1) is 12.3 Å². The van der Waals surface area contributed by atoms with Gasteiger partial charge >= 0.3 is 0 Å². The number of hydrogen-bond donors (Lipinski definition) is 0. The third-order valence-electron chi connectivity index (χ3n) is 2.03. The number of ether oxygens (including phenoxy) is 2. The predicted octanol–water partition coefficient (Wildman–Crippen LogP) is 2.28. The molecule has 0 amide bonds. The fourth-order valence-electron chi connectivity index (χ4n) is 1.20. The SMILES string of the molecule is C#CCCOc1ccc(CCOC)cc1. The highest BCUT2D eigenvalue weighted by Gasteiger charge is 1.95. The zero-order valence-electron chi connectivity index (χ0n) is 9.03. The molecule has 0 radical (unpaired) electrons. The molecule has 0 heterocycles. The largest absolute Gasteiger partial charge is 0.493 e. The van der Waals surface area contributed by atoms with Crippen molar-refractivity contribution in [3.05, 3.63) is 29.8 Å². The zero-order chi connectivity index (χ0) is 10.9. The number of benzene rings is 1. The molecule has 1 aromatic carbocycles. The minimum Gasteiger partial charge on any atom is -0.493 e. The molecule has 0 N–H and O–H groups in total. The molecule has 0 atom stereocenters. The zero-order valence-corrected chi connectivity index (χ0v) is 9.03. The summed E-state index contributed by atoms with van der Waals surface area (Å²) in [5, 5.41) is 0. The molecule has 0 unspecified atom stereocenters.